The van der Waals surface area contributed by atoms with E-state index in [4.69, 9.17) is 0 Å². The molecule has 0 atom stereocenters. The largest absolute Gasteiger partial charge is 0.357 e. The Hall–Kier alpha value is -1.87. The molecule has 23 heavy (non-hydrogen) atoms. The fourth-order valence-corrected chi connectivity index (χ4v) is 3.19. The van der Waals surface area contributed by atoms with E-state index in [0.29, 0.717) is 5.69 Å². The summed E-state index contributed by atoms with van der Waals surface area (Å²) in [6.07, 6.45) is 6.33. The van der Waals surface area contributed by atoms with E-state index in [-0.39, 0.29) is 11.7 Å². The molecule has 1 aliphatic heterocycles. The second-order valence-electron chi connectivity index (χ2n) is 5.77. The number of hydrazine groups is 1. The molecule has 1 amide bonds. The average Bonchev–Trinajstić information content (AvgIpc) is 2.49. The fourth-order valence-electron chi connectivity index (χ4n) is 2.25. The molecule has 0 aromatic carbocycles. The van der Waals surface area contributed by atoms with Crippen LogP contribution in [-0.2, 0) is 10.0 Å². The van der Waals surface area contributed by atoms with Crippen molar-refractivity contribution < 1.29 is 13.2 Å². The van der Waals surface area contributed by atoms with E-state index in [1.54, 1.807) is 26.1 Å². The monoisotopic (exact) mass is 341 g/mol. The van der Waals surface area contributed by atoms with Gasteiger partial charge < -0.3 is 10.7 Å². The SMILES string of the molecule is CC(C)NC(=O)S(=O)(=O)Nc1cnccc1NN1CCCCC1. The van der Waals surface area contributed by atoms with Crippen molar-refractivity contribution in [3.05, 3.63) is 18.5 Å². The first-order valence-corrected chi connectivity index (χ1v) is 9.16. The molecule has 3 N–H and O–H groups in total. The number of hydrogen-bond donors (Lipinski definition) is 3. The van der Waals surface area contributed by atoms with Crippen LogP contribution in [0.25, 0.3) is 0 Å². The Bertz CT molecular complexity index is 642. The number of sulfonamides is 1. The van der Waals surface area contributed by atoms with Crippen LogP contribution in [0.1, 0.15) is 33.1 Å². The molecule has 0 radical (unpaired) electrons. The molecule has 0 saturated carbocycles. The van der Waals surface area contributed by atoms with E-state index in [0.717, 1.165) is 25.9 Å². The van der Waals surface area contributed by atoms with E-state index in [1.807, 2.05) is 5.01 Å². The third-order valence-corrected chi connectivity index (χ3v) is 4.45. The Balaban J connectivity index is 2.11. The lowest BCUT2D eigenvalue weighted by Gasteiger charge is -2.28. The number of rotatable bonds is 5. The van der Waals surface area contributed by atoms with Gasteiger partial charge in [-0.2, -0.15) is 8.42 Å². The number of hydrogen-bond acceptors (Lipinski definition) is 6. The van der Waals surface area contributed by atoms with Crippen molar-refractivity contribution in [1.29, 1.82) is 0 Å². The van der Waals surface area contributed by atoms with Crippen LogP contribution in [0.15, 0.2) is 18.5 Å². The van der Waals surface area contributed by atoms with Crippen LogP contribution in [0.3, 0.4) is 0 Å². The van der Waals surface area contributed by atoms with Gasteiger partial charge in [-0.15, -0.1) is 0 Å². The summed E-state index contributed by atoms with van der Waals surface area (Å²) in [5, 5.41) is 3.34. The molecular weight excluding hydrogens is 318 g/mol. The second-order valence-corrected chi connectivity index (χ2v) is 7.35. The van der Waals surface area contributed by atoms with E-state index in [1.165, 1.54) is 12.6 Å². The van der Waals surface area contributed by atoms with Crippen LogP contribution in [-0.4, -0.2) is 42.8 Å². The maximum atomic E-state index is 12.1. The number of nitrogens with one attached hydrogen (secondary N) is 3. The van der Waals surface area contributed by atoms with Crippen molar-refractivity contribution in [3.63, 3.8) is 0 Å². The summed E-state index contributed by atoms with van der Waals surface area (Å²) in [4.78, 5) is 15.7. The van der Waals surface area contributed by atoms with Crippen LogP contribution in [0.5, 0.6) is 0 Å². The van der Waals surface area contributed by atoms with Gasteiger partial charge in [-0.3, -0.25) is 14.5 Å². The number of pyridine rings is 1. The Morgan fingerprint density at radius 3 is 2.57 bits per heavy atom. The zero-order chi connectivity index (χ0) is 16.9. The quantitative estimate of drug-likeness (QED) is 0.754. The van der Waals surface area contributed by atoms with Gasteiger partial charge in [0.2, 0.25) is 0 Å². The van der Waals surface area contributed by atoms with Crippen molar-refractivity contribution in [2.75, 3.05) is 23.2 Å². The highest BCUT2D eigenvalue weighted by molar-refractivity contribution is 8.07. The van der Waals surface area contributed by atoms with Crippen LogP contribution in [0.2, 0.25) is 0 Å². The summed E-state index contributed by atoms with van der Waals surface area (Å²) in [7, 11) is -4.17. The zero-order valence-corrected chi connectivity index (χ0v) is 14.2. The minimum Gasteiger partial charge on any atom is -0.339 e. The third kappa shape index (κ3) is 5.07. The van der Waals surface area contributed by atoms with Gasteiger partial charge in [-0.05, 0) is 32.8 Å². The van der Waals surface area contributed by atoms with Gasteiger partial charge in [-0.25, -0.2) is 5.01 Å². The van der Waals surface area contributed by atoms with Gasteiger partial charge in [0.15, 0.2) is 0 Å². The summed E-state index contributed by atoms with van der Waals surface area (Å²) in [6.45, 7) is 5.17. The van der Waals surface area contributed by atoms with Gasteiger partial charge in [0.25, 0.3) is 0 Å². The molecule has 9 heteroatoms. The Kier molecular flexibility index (Phi) is 5.78. The number of carbonyl (C=O) groups excluding carboxylic acids is 1. The lowest BCUT2D eigenvalue weighted by Crippen LogP contribution is -2.38. The first-order chi connectivity index (χ1) is 10.9. The minimum absolute atomic E-state index is 0.247. The average molecular weight is 341 g/mol. The van der Waals surface area contributed by atoms with Crippen LogP contribution >= 0.6 is 0 Å². The smallest absolute Gasteiger partial charge is 0.339 e. The standard InChI is InChI=1S/C14H23N5O3S/c1-11(2)16-14(20)23(21,22)18-13-10-15-7-6-12(13)17-19-8-4-3-5-9-19/h6-7,10-11,18H,3-5,8-9H2,1-2H3,(H,15,17)(H,16,20). The number of carbonyl (C=O) groups is 1. The number of aromatic nitrogens is 1. The number of anilines is 2. The summed E-state index contributed by atoms with van der Waals surface area (Å²) in [5.74, 6) is 0. The van der Waals surface area contributed by atoms with E-state index in [9.17, 15) is 13.2 Å². The lowest BCUT2D eigenvalue weighted by atomic mass is 10.2. The summed E-state index contributed by atoms with van der Waals surface area (Å²) >= 11 is 0. The molecule has 128 valence electrons. The summed E-state index contributed by atoms with van der Waals surface area (Å²) < 4.78 is 26.5. The first kappa shape index (κ1) is 17.5. The molecule has 0 bridgehead atoms. The predicted molar refractivity (Wildman–Crippen MR) is 89.5 cm³/mol. The highest BCUT2D eigenvalue weighted by Gasteiger charge is 2.24. The fraction of sp³-hybridized carbons (Fsp3) is 0.571. The van der Waals surface area contributed by atoms with Crippen molar-refractivity contribution in [1.82, 2.24) is 15.3 Å². The number of nitrogens with zero attached hydrogens (tertiary/aromatic N) is 2. The molecule has 8 nitrogen and oxygen atoms in total. The number of piperidine rings is 1. The molecule has 1 aliphatic rings. The molecule has 2 rings (SSSR count). The minimum atomic E-state index is -4.17. The molecule has 2 heterocycles. The normalized spacial score (nSPS) is 16.1. The molecule has 0 spiro atoms. The Morgan fingerprint density at radius 1 is 1.22 bits per heavy atom. The topological polar surface area (TPSA) is 103 Å². The Morgan fingerprint density at radius 2 is 1.91 bits per heavy atom. The van der Waals surface area contributed by atoms with E-state index in [2.05, 4.69) is 20.4 Å². The summed E-state index contributed by atoms with van der Waals surface area (Å²) in [5.41, 5.74) is 4.01. The second kappa shape index (κ2) is 7.60. The predicted octanol–water partition coefficient (Wildman–Crippen LogP) is 1.75. The molecule has 1 saturated heterocycles. The van der Waals surface area contributed by atoms with Crippen LogP contribution < -0.4 is 15.5 Å². The summed E-state index contributed by atoms with van der Waals surface area (Å²) in [6, 6.07) is 1.41. The van der Waals surface area contributed by atoms with Crippen molar-refractivity contribution in [3.8, 4) is 0 Å². The maximum absolute atomic E-state index is 12.1. The van der Waals surface area contributed by atoms with Gasteiger partial charge in [0, 0.05) is 25.3 Å². The third-order valence-electron chi connectivity index (χ3n) is 3.35. The first-order valence-electron chi connectivity index (χ1n) is 7.67. The highest BCUT2D eigenvalue weighted by atomic mass is 32.2. The van der Waals surface area contributed by atoms with Crippen LogP contribution in [0, 0.1) is 0 Å². The molecule has 0 aliphatic carbocycles. The molecule has 1 fully saturated rings. The maximum Gasteiger partial charge on any atom is 0.357 e. The van der Waals surface area contributed by atoms with Gasteiger partial charge in [-0.1, -0.05) is 6.42 Å². The van der Waals surface area contributed by atoms with E-state index < -0.39 is 15.3 Å². The van der Waals surface area contributed by atoms with Gasteiger partial charge >= 0.3 is 15.3 Å². The molecular formula is C14H23N5O3S. The van der Waals surface area contributed by atoms with Gasteiger partial charge in [0.05, 0.1) is 17.6 Å². The molecule has 1 aromatic rings. The molecule has 1 aromatic heterocycles. The van der Waals surface area contributed by atoms with Crippen molar-refractivity contribution >= 4 is 26.6 Å². The van der Waals surface area contributed by atoms with Crippen molar-refractivity contribution in [2.24, 2.45) is 0 Å². The highest BCUT2D eigenvalue weighted by Crippen LogP contribution is 2.23. The zero-order valence-electron chi connectivity index (χ0n) is 13.4. The van der Waals surface area contributed by atoms with Gasteiger partial charge in [0.1, 0.15) is 0 Å². The van der Waals surface area contributed by atoms with Crippen LogP contribution in [0.4, 0.5) is 16.2 Å². The van der Waals surface area contributed by atoms with E-state index >= 15 is 0 Å². The van der Waals surface area contributed by atoms with Crippen molar-refractivity contribution in [2.45, 2.75) is 39.2 Å². The lowest BCUT2D eigenvalue weighted by molar-refractivity contribution is 0.256. The Labute approximate surface area is 136 Å². The number of amides is 1. The molecule has 0 unspecified atom stereocenters.